The summed E-state index contributed by atoms with van der Waals surface area (Å²) in [6.07, 6.45) is 0. The van der Waals surface area contributed by atoms with E-state index in [1.165, 1.54) is 12.7 Å². The van der Waals surface area contributed by atoms with Gasteiger partial charge < -0.3 is 9.47 Å². The van der Waals surface area contributed by atoms with Gasteiger partial charge in [-0.25, -0.2) is 4.79 Å². The molecule has 0 bridgehead atoms. The van der Waals surface area contributed by atoms with Crippen LogP contribution in [0.3, 0.4) is 0 Å². The Morgan fingerprint density at radius 1 is 1.12 bits per heavy atom. The van der Waals surface area contributed by atoms with Crippen molar-refractivity contribution < 1.29 is 19.1 Å². The third kappa shape index (κ3) is 4.60. The Morgan fingerprint density at radius 3 is 2.58 bits per heavy atom. The van der Waals surface area contributed by atoms with Crippen LogP contribution in [0.1, 0.15) is 16.7 Å². The Bertz CT molecular complexity index is 740. The third-order valence-corrected chi connectivity index (χ3v) is 3.36. The molecule has 0 fully saturated rings. The normalized spacial score (nSPS) is 10.1. The molecule has 0 aliphatic rings. The molecular formula is C19H21NO4. The number of hydrogen-bond donors (Lipinski definition) is 1. The lowest BCUT2D eigenvalue weighted by molar-refractivity contribution is -0.131. The number of ether oxygens (including phenoxy) is 2. The molecule has 5 nitrogen and oxygen atoms in total. The number of carbonyl (C=O) groups is 1. The van der Waals surface area contributed by atoms with Crippen LogP contribution < -0.4 is 15.0 Å². The lowest BCUT2D eigenvalue weighted by atomic mass is 10.1. The zero-order chi connectivity index (χ0) is 17.5. The van der Waals surface area contributed by atoms with E-state index in [1.54, 1.807) is 12.1 Å². The number of benzene rings is 2. The van der Waals surface area contributed by atoms with Crippen LogP contribution in [-0.2, 0) is 16.2 Å². The van der Waals surface area contributed by atoms with Gasteiger partial charge in [-0.15, -0.1) is 0 Å². The molecule has 0 aromatic heterocycles. The number of esters is 1. The molecule has 5 heteroatoms. The highest BCUT2D eigenvalue weighted by molar-refractivity contribution is 5.88. The van der Waals surface area contributed by atoms with Crippen molar-refractivity contribution in [1.29, 1.82) is 0 Å². The SMILES string of the molecule is C=C(NOC)C(=O)Oc1ccccc1COc1ccc(C)cc1C. The monoisotopic (exact) mass is 327 g/mol. The van der Waals surface area contributed by atoms with Crippen LogP contribution in [0.4, 0.5) is 0 Å². The maximum absolute atomic E-state index is 11.9. The van der Waals surface area contributed by atoms with E-state index in [-0.39, 0.29) is 12.3 Å². The van der Waals surface area contributed by atoms with Crippen molar-refractivity contribution >= 4 is 5.97 Å². The smallest absolute Gasteiger partial charge is 0.361 e. The summed E-state index contributed by atoms with van der Waals surface area (Å²) in [6, 6.07) is 13.2. The van der Waals surface area contributed by atoms with Crippen LogP contribution in [0.15, 0.2) is 54.7 Å². The van der Waals surface area contributed by atoms with Gasteiger partial charge in [-0.1, -0.05) is 42.5 Å². The van der Waals surface area contributed by atoms with Crippen LogP contribution in [0.2, 0.25) is 0 Å². The molecule has 1 N–H and O–H groups in total. The zero-order valence-electron chi connectivity index (χ0n) is 14.1. The van der Waals surface area contributed by atoms with Gasteiger partial charge in [0.15, 0.2) is 0 Å². The summed E-state index contributed by atoms with van der Waals surface area (Å²) in [5.74, 6) is 0.606. The van der Waals surface area contributed by atoms with Crippen molar-refractivity contribution in [3.63, 3.8) is 0 Å². The average molecular weight is 327 g/mol. The van der Waals surface area contributed by atoms with Crippen LogP contribution in [0.5, 0.6) is 11.5 Å². The molecule has 0 heterocycles. The van der Waals surface area contributed by atoms with Gasteiger partial charge in [0.2, 0.25) is 0 Å². The van der Waals surface area contributed by atoms with E-state index in [2.05, 4.69) is 23.0 Å². The molecule has 0 spiro atoms. The van der Waals surface area contributed by atoms with Gasteiger partial charge in [0.25, 0.3) is 0 Å². The van der Waals surface area contributed by atoms with Crippen molar-refractivity contribution in [2.45, 2.75) is 20.5 Å². The molecule has 126 valence electrons. The number of hydroxylamine groups is 1. The average Bonchev–Trinajstić information content (AvgIpc) is 2.55. The second-order valence-corrected chi connectivity index (χ2v) is 5.34. The first-order chi connectivity index (χ1) is 11.5. The topological polar surface area (TPSA) is 56.8 Å². The molecular weight excluding hydrogens is 306 g/mol. The Kier molecular flexibility index (Phi) is 5.98. The molecule has 0 aliphatic heterocycles. The molecule has 2 aromatic rings. The van der Waals surface area contributed by atoms with Crippen molar-refractivity contribution in [3.8, 4) is 11.5 Å². The first-order valence-electron chi connectivity index (χ1n) is 7.49. The maximum Gasteiger partial charge on any atom is 0.361 e. The number of rotatable bonds is 7. The van der Waals surface area contributed by atoms with Gasteiger partial charge in [-0.3, -0.25) is 10.3 Å². The van der Waals surface area contributed by atoms with Crippen molar-refractivity contribution in [2.24, 2.45) is 0 Å². The summed E-state index contributed by atoms with van der Waals surface area (Å²) in [4.78, 5) is 16.6. The van der Waals surface area contributed by atoms with E-state index in [1.807, 2.05) is 38.1 Å². The first-order valence-corrected chi connectivity index (χ1v) is 7.49. The fourth-order valence-electron chi connectivity index (χ4n) is 2.17. The van der Waals surface area contributed by atoms with Crippen LogP contribution in [0.25, 0.3) is 0 Å². The van der Waals surface area contributed by atoms with Crippen LogP contribution in [-0.4, -0.2) is 13.1 Å². The minimum atomic E-state index is -0.615. The van der Waals surface area contributed by atoms with E-state index >= 15 is 0 Å². The van der Waals surface area contributed by atoms with Gasteiger partial charge >= 0.3 is 5.97 Å². The van der Waals surface area contributed by atoms with Gasteiger partial charge in [-0.05, 0) is 31.5 Å². The molecule has 0 aliphatic carbocycles. The lowest BCUT2D eigenvalue weighted by Gasteiger charge is -2.13. The molecule has 0 atom stereocenters. The molecule has 0 saturated carbocycles. The van der Waals surface area contributed by atoms with Gasteiger partial charge in [0, 0.05) is 5.56 Å². The second-order valence-electron chi connectivity index (χ2n) is 5.34. The number of nitrogens with one attached hydrogen (secondary N) is 1. The fourth-order valence-corrected chi connectivity index (χ4v) is 2.17. The summed E-state index contributed by atoms with van der Waals surface area (Å²) in [6.45, 7) is 7.86. The Balaban J connectivity index is 2.08. The van der Waals surface area contributed by atoms with Crippen molar-refractivity contribution in [2.75, 3.05) is 7.11 Å². The van der Waals surface area contributed by atoms with Crippen LogP contribution >= 0.6 is 0 Å². The molecule has 0 radical (unpaired) electrons. The highest BCUT2D eigenvalue weighted by Gasteiger charge is 2.13. The molecule has 2 aromatic carbocycles. The minimum Gasteiger partial charge on any atom is -0.488 e. The highest BCUT2D eigenvalue weighted by Crippen LogP contribution is 2.24. The summed E-state index contributed by atoms with van der Waals surface area (Å²) in [5, 5.41) is 0. The highest BCUT2D eigenvalue weighted by atomic mass is 16.6. The van der Waals surface area contributed by atoms with E-state index in [9.17, 15) is 4.79 Å². The van der Waals surface area contributed by atoms with E-state index in [4.69, 9.17) is 9.47 Å². The molecule has 0 unspecified atom stereocenters. The minimum absolute atomic E-state index is 0.0163. The Hall–Kier alpha value is -2.79. The van der Waals surface area contributed by atoms with Crippen molar-refractivity contribution in [1.82, 2.24) is 5.48 Å². The quantitative estimate of drug-likeness (QED) is 0.365. The maximum atomic E-state index is 11.9. The number of aryl methyl sites for hydroxylation is 2. The predicted molar refractivity (Wildman–Crippen MR) is 91.6 cm³/mol. The summed E-state index contributed by atoms with van der Waals surface area (Å²) >= 11 is 0. The summed E-state index contributed by atoms with van der Waals surface area (Å²) in [7, 11) is 1.39. The zero-order valence-corrected chi connectivity index (χ0v) is 14.1. The summed E-state index contributed by atoms with van der Waals surface area (Å²) in [5.41, 5.74) is 5.37. The molecule has 2 rings (SSSR count). The summed E-state index contributed by atoms with van der Waals surface area (Å²) < 4.78 is 11.2. The van der Waals surface area contributed by atoms with Gasteiger partial charge in [0.1, 0.15) is 23.8 Å². The number of hydrogen-bond acceptors (Lipinski definition) is 5. The van der Waals surface area contributed by atoms with E-state index in [0.717, 1.165) is 16.9 Å². The fraction of sp³-hybridized carbons (Fsp3) is 0.211. The molecule has 24 heavy (non-hydrogen) atoms. The molecule has 0 amide bonds. The van der Waals surface area contributed by atoms with Crippen LogP contribution in [0, 0.1) is 13.8 Å². The second kappa shape index (κ2) is 8.17. The van der Waals surface area contributed by atoms with Gasteiger partial charge in [-0.2, -0.15) is 0 Å². The molecule has 0 saturated heterocycles. The van der Waals surface area contributed by atoms with E-state index < -0.39 is 5.97 Å². The third-order valence-electron chi connectivity index (χ3n) is 3.36. The van der Waals surface area contributed by atoms with Crippen molar-refractivity contribution in [3.05, 3.63) is 71.4 Å². The predicted octanol–water partition coefficient (Wildman–Crippen LogP) is 3.45. The lowest BCUT2D eigenvalue weighted by Crippen LogP contribution is -2.22. The standard InChI is InChI=1S/C19H21NO4/c1-13-9-10-17(14(2)11-13)23-12-16-7-5-6-8-18(16)24-19(21)15(3)20-22-4/h5-11,20H,3,12H2,1-2,4H3. The first kappa shape index (κ1) is 17.6. The Labute approximate surface area is 141 Å². The number of carbonyl (C=O) groups excluding carboxylic acids is 1. The van der Waals surface area contributed by atoms with E-state index in [0.29, 0.717) is 5.75 Å². The van der Waals surface area contributed by atoms with Gasteiger partial charge in [0.05, 0.1) is 7.11 Å². The largest absolute Gasteiger partial charge is 0.488 e. The Morgan fingerprint density at radius 2 is 1.88 bits per heavy atom. The number of para-hydroxylation sites is 1.